The minimum atomic E-state index is -0.639. The first-order valence-electron chi connectivity index (χ1n) is 8.20. The SMILES string of the molecule is CCOC(=O)c1cc(N2CC[C@@H](C)C[C@H]2CC)ccc1[N+](=O)[O-]. The molecule has 6 nitrogen and oxygen atoms in total. The molecule has 0 unspecified atom stereocenters. The Bertz CT molecular complexity index is 588. The van der Waals surface area contributed by atoms with Crippen LogP contribution >= 0.6 is 0 Å². The van der Waals surface area contributed by atoms with Crippen LogP contribution in [-0.4, -0.2) is 30.1 Å². The lowest BCUT2D eigenvalue weighted by Gasteiger charge is -2.40. The van der Waals surface area contributed by atoms with Crippen LogP contribution in [0.5, 0.6) is 0 Å². The first-order valence-corrected chi connectivity index (χ1v) is 8.20. The van der Waals surface area contributed by atoms with Gasteiger partial charge in [-0.25, -0.2) is 4.79 Å². The van der Waals surface area contributed by atoms with E-state index in [0.717, 1.165) is 31.5 Å². The fourth-order valence-corrected chi connectivity index (χ4v) is 3.21. The summed E-state index contributed by atoms with van der Waals surface area (Å²) in [6, 6.07) is 5.15. The molecule has 0 aromatic heterocycles. The molecule has 0 spiro atoms. The predicted molar refractivity (Wildman–Crippen MR) is 88.9 cm³/mol. The van der Waals surface area contributed by atoms with Gasteiger partial charge in [-0.3, -0.25) is 10.1 Å². The lowest BCUT2D eigenvalue weighted by atomic mass is 9.90. The summed E-state index contributed by atoms with van der Waals surface area (Å²) in [5.74, 6) is 0.0400. The predicted octanol–water partition coefficient (Wildman–Crippen LogP) is 3.79. The Kier molecular flexibility index (Phi) is 5.58. The molecule has 1 saturated heterocycles. The van der Waals surface area contributed by atoms with E-state index >= 15 is 0 Å². The summed E-state index contributed by atoms with van der Waals surface area (Å²) in [6.45, 7) is 7.18. The Labute approximate surface area is 136 Å². The fraction of sp³-hybridized carbons (Fsp3) is 0.588. The normalized spacial score (nSPS) is 21.1. The highest BCUT2D eigenvalue weighted by atomic mass is 16.6. The van der Waals surface area contributed by atoms with E-state index in [4.69, 9.17) is 4.74 Å². The van der Waals surface area contributed by atoms with Crippen LogP contribution in [0.3, 0.4) is 0 Å². The second kappa shape index (κ2) is 7.44. The first-order chi connectivity index (χ1) is 11.0. The van der Waals surface area contributed by atoms with Crippen molar-refractivity contribution in [3.63, 3.8) is 0 Å². The van der Waals surface area contributed by atoms with Gasteiger partial charge in [-0.15, -0.1) is 0 Å². The average molecular weight is 320 g/mol. The van der Waals surface area contributed by atoms with E-state index in [9.17, 15) is 14.9 Å². The van der Waals surface area contributed by atoms with Crippen LogP contribution in [0.4, 0.5) is 11.4 Å². The summed E-state index contributed by atoms with van der Waals surface area (Å²) in [4.78, 5) is 24.9. The van der Waals surface area contributed by atoms with Gasteiger partial charge in [0.05, 0.1) is 11.5 Å². The number of hydrogen-bond acceptors (Lipinski definition) is 5. The van der Waals surface area contributed by atoms with Crippen molar-refractivity contribution in [2.75, 3.05) is 18.1 Å². The van der Waals surface area contributed by atoms with Crippen molar-refractivity contribution in [2.24, 2.45) is 5.92 Å². The number of esters is 1. The Morgan fingerprint density at radius 3 is 2.78 bits per heavy atom. The van der Waals surface area contributed by atoms with Crippen LogP contribution in [0, 0.1) is 16.0 Å². The molecule has 0 aliphatic carbocycles. The van der Waals surface area contributed by atoms with Gasteiger partial charge >= 0.3 is 5.97 Å². The standard InChI is InChI=1S/C17H24N2O4/c1-4-13-10-12(3)8-9-18(13)14-6-7-16(19(21)22)15(11-14)17(20)23-5-2/h6-7,11-13H,4-5,8-10H2,1-3H3/t12-,13-/m1/s1. The largest absolute Gasteiger partial charge is 0.462 e. The van der Waals surface area contributed by atoms with E-state index < -0.39 is 10.9 Å². The first kappa shape index (κ1) is 17.2. The third-order valence-electron chi connectivity index (χ3n) is 4.45. The van der Waals surface area contributed by atoms with Crippen molar-refractivity contribution < 1.29 is 14.5 Å². The van der Waals surface area contributed by atoms with Crippen molar-refractivity contribution in [2.45, 2.75) is 46.1 Å². The molecule has 0 N–H and O–H groups in total. The summed E-state index contributed by atoms with van der Waals surface area (Å²) in [6.07, 6.45) is 3.19. The molecule has 23 heavy (non-hydrogen) atoms. The molecule has 1 aromatic carbocycles. The number of ether oxygens (including phenoxy) is 1. The third kappa shape index (κ3) is 3.81. The number of nitro groups is 1. The molecule has 0 bridgehead atoms. The number of hydrogen-bond donors (Lipinski definition) is 0. The molecule has 0 radical (unpaired) electrons. The Hall–Kier alpha value is -2.11. The number of nitrogens with zero attached hydrogens (tertiary/aromatic N) is 2. The zero-order chi connectivity index (χ0) is 17.0. The van der Waals surface area contributed by atoms with E-state index in [1.165, 1.54) is 6.07 Å². The van der Waals surface area contributed by atoms with Crippen LogP contribution in [-0.2, 0) is 4.74 Å². The van der Waals surface area contributed by atoms with Gasteiger partial charge in [0.25, 0.3) is 5.69 Å². The molecule has 0 amide bonds. The third-order valence-corrected chi connectivity index (χ3v) is 4.45. The molecular weight excluding hydrogens is 296 g/mol. The van der Waals surface area contributed by atoms with Crippen molar-refractivity contribution in [1.82, 2.24) is 0 Å². The van der Waals surface area contributed by atoms with Crippen molar-refractivity contribution in [1.29, 1.82) is 0 Å². The number of carbonyl (C=O) groups excluding carboxylic acids is 1. The maximum absolute atomic E-state index is 12.1. The highest BCUT2D eigenvalue weighted by Crippen LogP contribution is 2.32. The maximum Gasteiger partial charge on any atom is 0.345 e. The van der Waals surface area contributed by atoms with Gasteiger partial charge < -0.3 is 9.64 Å². The monoisotopic (exact) mass is 320 g/mol. The summed E-state index contributed by atoms with van der Waals surface area (Å²) >= 11 is 0. The maximum atomic E-state index is 12.1. The molecule has 1 aliphatic heterocycles. The molecule has 2 atom stereocenters. The van der Waals surface area contributed by atoms with E-state index in [1.807, 2.05) is 0 Å². The molecule has 2 rings (SSSR count). The molecule has 6 heteroatoms. The van der Waals surface area contributed by atoms with E-state index in [1.54, 1.807) is 19.1 Å². The van der Waals surface area contributed by atoms with Gasteiger partial charge in [-0.1, -0.05) is 13.8 Å². The minimum absolute atomic E-state index is 0.0304. The summed E-state index contributed by atoms with van der Waals surface area (Å²) < 4.78 is 4.97. The lowest BCUT2D eigenvalue weighted by molar-refractivity contribution is -0.385. The van der Waals surface area contributed by atoms with E-state index in [0.29, 0.717) is 12.0 Å². The molecule has 1 aromatic rings. The van der Waals surface area contributed by atoms with Gasteiger partial charge in [0.15, 0.2) is 0 Å². The van der Waals surface area contributed by atoms with Crippen LogP contribution in [0.15, 0.2) is 18.2 Å². The summed E-state index contributed by atoms with van der Waals surface area (Å²) in [5.41, 5.74) is 0.686. The molecule has 1 heterocycles. The highest BCUT2D eigenvalue weighted by molar-refractivity contribution is 5.95. The lowest BCUT2D eigenvalue weighted by Crippen LogP contribution is -2.41. The summed E-state index contributed by atoms with van der Waals surface area (Å²) in [5, 5.41) is 11.2. The highest BCUT2D eigenvalue weighted by Gasteiger charge is 2.28. The Morgan fingerprint density at radius 2 is 2.17 bits per heavy atom. The molecule has 126 valence electrons. The van der Waals surface area contributed by atoms with Crippen molar-refractivity contribution >= 4 is 17.3 Å². The van der Waals surface area contributed by atoms with Gasteiger partial charge in [-0.2, -0.15) is 0 Å². The van der Waals surface area contributed by atoms with Crippen LogP contribution in [0.2, 0.25) is 0 Å². The number of carbonyl (C=O) groups is 1. The number of piperidine rings is 1. The average Bonchev–Trinajstić information content (AvgIpc) is 2.54. The molecule has 0 saturated carbocycles. The van der Waals surface area contributed by atoms with Crippen molar-refractivity contribution in [3.05, 3.63) is 33.9 Å². The van der Waals surface area contributed by atoms with Gasteiger partial charge in [0.2, 0.25) is 0 Å². The molecule has 1 aliphatic rings. The Morgan fingerprint density at radius 1 is 1.43 bits per heavy atom. The smallest absolute Gasteiger partial charge is 0.345 e. The number of rotatable bonds is 5. The minimum Gasteiger partial charge on any atom is -0.462 e. The number of benzene rings is 1. The van der Waals surface area contributed by atoms with Gasteiger partial charge in [0.1, 0.15) is 5.56 Å². The van der Waals surface area contributed by atoms with E-state index in [2.05, 4.69) is 18.7 Å². The number of nitro benzene ring substituents is 1. The van der Waals surface area contributed by atoms with Gasteiger partial charge in [0, 0.05) is 24.3 Å². The van der Waals surface area contributed by atoms with Gasteiger partial charge in [-0.05, 0) is 44.2 Å². The molecule has 1 fully saturated rings. The van der Waals surface area contributed by atoms with E-state index in [-0.39, 0.29) is 17.9 Å². The quantitative estimate of drug-likeness (QED) is 0.469. The second-order valence-electron chi connectivity index (χ2n) is 6.06. The van der Waals surface area contributed by atoms with Crippen LogP contribution in [0.1, 0.15) is 50.4 Å². The van der Waals surface area contributed by atoms with Crippen molar-refractivity contribution in [3.8, 4) is 0 Å². The zero-order valence-corrected chi connectivity index (χ0v) is 13.9. The van der Waals surface area contributed by atoms with Crippen LogP contribution in [0.25, 0.3) is 0 Å². The Balaban J connectivity index is 2.38. The second-order valence-corrected chi connectivity index (χ2v) is 6.06. The summed E-state index contributed by atoms with van der Waals surface area (Å²) in [7, 11) is 0. The topological polar surface area (TPSA) is 72.7 Å². The zero-order valence-electron chi connectivity index (χ0n) is 13.9. The number of anilines is 1. The fourth-order valence-electron chi connectivity index (χ4n) is 3.21. The van der Waals surface area contributed by atoms with Crippen LogP contribution < -0.4 is 4.90 Å². The molecular formula is C17H24N2O4.